The number of benzene rings is 1. The van der Waals surface area contributed by atoms with Gasteiger partial charge in [0, 0.05) is 19.6 Å². The van der Waals surface area contributed by atoms with Crippen molar-refractivity contribution in [2.75, 3.05) is 33.2 Å². The number of carbonyl (C=O) groups excluding carboxylic acids is 1. The van der Waals surface area contributed by atoms with Crippen LogP contribution in [0, 0.1) is 11.7 Å². The van der Waals surface area contributed by atoms with E-state index in [9.17, 15) is 9.18 Å². The molecule has 2 N–H and O–H groups in total. The highest BCUT2D eigenvalue weighted by atomic mass is 35.5. The Morgan fingerprint density at radius 2 is 1.91 bits per heavy atom. The summed E-state index contributed by atoms with van der Waals surface area (Å²) in [6, 6.07) is 6.51. The lowest BCUT2D eigenvalue weighted by Gasteiger charge is -2.17. The maximum absolute atomic E-state index is 12.8. The molecule has 0 saturated heterocycles. The van der Waals surface area contributed by atoms with Gasteiger partial charge in [-0.05, 0) is 50.0 Å². The van der Waals surface area contributed by atoms with Gasteiger partial charge in [-0.3, -0.25) is 4.79 Å². The first-order valence-corrected chi connectivity index (χ1v) is 7.54. The molecule has 0 aliphatic heterocycles. The minimum atomic E-state index is -0.215. The van der Waals surface area contributed by atoms with Crippen molar-refractivity contribution >= 4 is 30.7 Å². The van der Waals surface area contributed by atoms with Crippen molar-refractivity contribution in [2.24, 2.45) is 5.92 Å². The summed E-state index contributed by atoms with van der Waals surface area (Å²) in [6.07, 6.45) is 2.59. The molecule has 7 heteroatoms. The smallest absolute Gasteiger partial charge is 0.234 e. The summed E-state index contributed by atoms with van der Waals surface area (Å²) in [5.74, 6) is 0.623. The fourth-order valence-corrected chi connectivity index (χ4v) is 2.14. The highest BCUT2D eigenvalue weighted by molar-refractivity contribution is 5.85. The average Bonchev–Trinajstić information content (AvgIpc) is 3.25. The maximum atomic E-state index is 12.8. The molecule has 1 aromatic rings. The molecule has 1 aliphatic rings. The van der Waals surface area contributed by atoms with Crippen LogP contribution in [0.15, 0.2) is 24.3 Å². The van der Waals surface area contributed by atoms with Crippen LogP contribution in [0.1, 0.15) is 18.4 Å². The van der Waals surface area contributed by atoms with Crippen LogP contribution < -0.4 is 10.6 Å². The van der Waals surface area contributed by atoms with E-state index in [4.69, 9.17) is 0 Å². The van der Waals surface area contributed by atoms with Gasteiger partial charge in [0.1, 0.15) is 5.82 Å². The minimum absolute atomic E-state index is 0. The average molecular weight is 366 g/mol. The molecular formula is C16H26Cl2FN3O. The van der Waals surface area contributed by atoms with Crippen LogP contribution in [0.2, 0.25) is 0 Å². The van der Waals surface area contributed by atoms with E-state index in [1.165, 1.54) is 25.0 Å². The molecule has 0 spiro atoms. The van der Waals surface area contributed by atoms with Gasteiger partial charge in [0.25, 0.3) is 0 Å². The molecule has 4 nitrogen and oxygen atoms in total. The van der Waals surface area contributed by atoms with Crippen LogP contribution in [0.4, 0.5) is 4.39 Å². The third-order valence-corrected chi connectivity index (χ3v) is 3.60. The Hall–Kier alpha value is -0.880. The first kappa shape index (κ1) is 22.1. The normalized spacial score (nSPS) is 13.2. The highest BCUT2D eigenvalue weighted by Crippen LogP contribution is 2.27. The molecule has 1 amide bonds. The third-order valence-electron chi connectivity index (χ3n) is 3.60. The van der Waals surface area contributed by atoms with Gasteiger partial charge in [0.2, 0.25) is 5.91 Å². The number of likely N-dealkylation sites (N-methyl/N-ethyl adjacent to an activating group) is 1. The first-order valence-electron chi connectivity index (χ1n) is 7.54. The molecule has 0 heterocycles. The van der Waals surface area contributed by atoms with E-state index in [1.807, 2.05) is 7.05 Å². The Bertz CT molecular complexity index is 455. The molecule has 23 heavy (non-hydrogen) atoms. The van der Waals surface area contributed by atoms with E-state index in [0.29, 0.717) is 13.1 Å². The third kappa shape index (κ3) is 9.76. The summed E-state index contributed by atoms with van der Waals surface area (Å²) in [7, 11) is 1.99. The van der Waals surface area contributed by atoms with Crippen molar-refractivity contribution in [3.05, 3.63) is 35.6 Å². The van der Waals surface area contributed by atoms with E-state index in [2.05, 4.69) is 15.5 Å². The number of rotatable bonds is 9. The standard InChI is InChI=1S/C16H24FN3O.2ClH/c1-20(12-14-4-6-15(17)7-5-14)9-8-19-16(21)11-18-10-13-2-3-13;;/h4-7,13,18H,2-3,8-12H2,1H3,(H,19,21);2*1H. The Morgan fingerprint density at radius 1 is 1.26 bits per heavy atom. The predicted octanol–water partition coefficient (Wildman–Crippen LogP) is 2.22. The summed E-state index contributed by atoms with van der Waals surface area (Å²) in [4.78, 5) is 13.7. The van der Waals surface area contributed by atoms with Crippen LogP contribution >= 0.6 is 24.8 Å². The quantitative estimate of drug-likeness (QED) is 0.705. The zero-order valence-electron chi connectivity index (χ0n) is 13.4. The number of halogens is 3. The van der Waals surface area contributed by atoms with Gasteiger partial charge in [-0.25, -0.2) is 4.39 Å². The summed E-state index contributed by atoms with van der Waals surface area (Å²) in [5, 5.41) is 6.07. The molecule has 1 saturated carbocycles. The van der Waals surface area contributed by atoms with E-state index in [-0.39, 0.29) is 36.5 Å². The van der Waals surface area contributed by atoms with Crippen molar-refractivity contribution in [2.45, 2.75) is 19.4 Å². The molecule has 1 aromatic carbocycles. The zero-order valence-corrected chi connectivity index (χ0v) is 15.0. The molecule has 2 rings (SSSR count). The number of amides is 1. The van der Waals surface area contributed by atoms with Crippen LogP contribution in [0.25, 0.3) is 0 Å². The molecule has 0 radical (unpaired) electrons. The number of hydrogen-bond acceptors (Lipinski definition) is 3. The van der Waals surface area contributed by atoms with Crippen molar-refractivity contribution in [3.63, 3.8) is 0 Å². The second-order valence-electron chi connectivity index (χ2n) is 5.79. The summed E-state index contributed by atoms with van der Waals surface area (Å²) in [5.41, 5.74) is 1.07. The van der Waals surface area contributed by atoms with Crippen LogP contribution in [-0.2, 0) is 11.3 Å². The van der Waals surface area contributed by atoms with Crippen molar-refractivity contribution in [1.82, 2.24) is 15.5 Å². The van der Waals surface area contributed by atoms with Gasteiger partial charge in [-0.15, -0.1) is 24.8 Å². The lowest BCUT2D eigenvalue weighted by molar-refractivity contribution is -0.120. The Labute approximate surface area is 150 Å². The van der Waals surface area contributed by atoms with Gasteiger partial charge in [0.15, 0.2) is 0 Å². The highest BCUT2D eigenvalue weighted by Gasteiger charge is 2.20. The monoisotopic (exact) mass is 365 g/mol. The topological polar surface area (TPSA) is 44.4 Å². The van der Waals surface area contributed by atoms with E-state index in [1.54, 1.807) is 12.1 Å². The number of nitrogens with zero attached hydrogens (tertiary/aromatic N) is 1. The van der Waals surface area contributed by atoms with Crippen LogP contribution in [0.3, 0.4) is 0 Å². The number of carbonyl (C=O) groups is 1. The van der Waals surface area contributed by atoms with Crippen molar-refractivity contribution in [1.29, 1.82) is 0 Å². The van der Waals surface area contributed by atoms with Crippen molar-refractivity contribution in [3.8, 4) is 0 Å². The van der Waals surface area contributed by atoms with Crippen molar-refractivity contribution < 1.29 is 9.18 Å². The number of hydrogen-bond donors (Lipinski definition) is 2. The molecule has 0 unspecified atom stereocenters. The first-order chi connectivity index (χ1) is 10.1. The second-order valence-corrected chi connectivity index (χ2v) is 5.79. The largest absolute Gasteiger partial charge is 0.354 e. The summed E-state index contributed by atoms with van der Waals surface area (Å²) >= 11 is 0. The minimum Gasteiger partial charge on any atom is -0.354 e. The fourth-order valence-electron chi connectivity index (χ4n) is 2.14. The maximum Gasteiger partial charge on any atom is 0.234 e. The summed E-state index contributed by atoms with van der Waals surface area (Å²) < 4.78 is 12.8. The fraction of sp³-hybridized carbons (Fsp3) is 0.562. The van der Waals surface area contributed by atoms with Gasteiger partial charge >= 0.3 is 0 Å². The Morgan fingerprint density at radius 3 is 2.52 bits per heavy atom. The Balaban J connectivity index is 0.00000242. The van der Waals surface area contributed by atoms with Gasteiger partial charge in [-0.1, -0.05) is 12.1 Å². The van der Waals surface area contributed by atoms with E-state index in [0.717, 1.165) is 31.1 Å². The van der Waals surface area contributed by atoms with Crippen LogP contribution in [-0.4, -0.2) is 44.0 Å². The molecule has 132 valence electrons. The SMILES string of the molecule is CN(CCNC(=O)CNCC1CC1)Cc1ccc(F)cc1.Cl.Cl. The molecule has 1 aliphatic carbocycles. The molecule has 0 aromatic heterocycles. The predicted molar refractivity (Wildman–Crippen MR) is 95.8 cm³/mol. The molecule has 1 fully saturated rings. The number of nitrogens with one attached hydrogen (secondary N) is 2. The zero-order chi connectivity index (χ0) is 15.1. The molecule has 0 bridgehead atoms. The van der Waals surface area contributed by atoms with Gasteiger partial charge < -0.3 is 15.5 Å². The second kappa shape index (κ2) is 11.6. The van der Waals surface area contributed by atoms with Gasteiger partial charge in [-0.2, -0.15) is 0 Å². The van der Waals surface area contributed by atoms with E-state index >= 15 is 0 Å². The molecular weight excluding hydrogens is 340 g/mol. The van der Waals surface area contributed by atoms with Gasteiger partial charge in [0.05, 0.1) is 6.54 Å². The molecule has 0 atom stereocenters. The Kier molecular flexibility index (Phi) is 11.2. The summed E-state index contributed by atoms with van der Waals surface area (Å²) in [6.45, 7) is 3.50. The van der Waals surface area contributed by atoms with Crippen LogP contribution in [0.5, 0.6) is 0 Å². The lowest BCUT2D eigenvalue weighted by Crippen LogP contribution is -2.38. The lowest BCUT2D eigenvalue weighted by atomic mass is 10.2. The van der Waals surface area contributed by atoms with E-state index < -0.39 is 0 Å².